The van der Waals surface area contributed by atoms with Crippen molar-refractivity contribution in [3.05, 3.63) is 77.4 Å². The zero-order chi connectivity index (χ0) is 18.9. The lowest BCUT2D eigenvalue weighted by Crippen LogP contribution is -2.44. The highest BCUT2D eigenvalue weighted by Crippen LogP contribution is 2.08. The number of nitrogens with one attached hydrogen (secondary N) is 1. The fourth-order valence-electron chi connectivity index (χ4n) is 2.30. The van der Waals surface area contributed by atoms with Gasteiger partial charge in [0, 0.05) is 5.56 Å². The minimum absolute atomic E-state index is 0.242. The Morgan fingerprint density at radius 2 is 1.77 bits per heavy atom. The summed E-state index contributed by atoms with van der Waals surface area (Å²) in [4.78, 5) is 35.5. The Morgan fingerprint density at radius 1 is 1.08 bits per heavy atom. The summed E-state index contributed by atoms with van der Waals surface area (Å²) in [7, 11) is 1.26. The van der Waals surface area contributed by atoms with E-state index in [1.54, 1.807) is 18.2 Å². The lowest BCUT2D eigenvalue weighted by molar-refractivity contribution is -0.119. The van der Waals surface area contributed by atoms with Crippen LogP contribution in [-0.4, -0.2) is 30.9 Å². The van der Waals surface area contributed by atoms with Crippen LogP contribution in [0.2, 0.25) is 0 Å². The molecule has 6 heteroatoms. The topological polar surface area (TPSA) is 98.5 Å². The number of ether oxygens (including phenoxy) is 1. The third kappa shape index (κ3) is 5.31. The van der Waals surface area contributed by atoms with Gasteiger partial charge in [-0.2, -0.15) is 0 Å². The van der Waals surface area contributed by atoms with Crippen LogP contribution in [0.1, 0.15) is 32.7 Å². The van der Waals surface area contributed by atoms with E-state index in [4.69, 9.17) is 5.73 Å². The van der Waals surface area contributed by atoms with Crippen molar-refractivity contribution >= 4 is 23.9 Å². The summed E-state index contributed by atoms with van der Waals surface area (Å²) in [6.07, 6.45) is 3.88. The molecule has 3 N–H and O–H groups in total. The molecule has 0 spiro atoms. The Kier molecular flexibility index (Phi) is 6.68. The molecule has 134 valence electrons. The van der Waals surface area contributed by atoms with Gasteiger partial charge in [0.2, 0.25) is 5.91 Å². The summed E-state index contributed by atoms with van der Waals surface area (Å²) in [6, 6.07) is 14.8. The molecule has 0 fully saturated rings. The number of primary amides is 1. The highest BCUT2D eigenvalue weighted by molar-refractivity contribution is 5.99. The van der Waals surface area contributed by atoms with Crippen LogP contribution in [0.5, 0.6) is 0 Å². The van der Waals surface area contributed by atoms with Crippen LogP contribution in [0.15, 0.2) is 60.7 Å². The molecule has 0 saturated carbocycles. The van der Waals surface area contributed by atoms with E-state index < -0.39 is 23.8 Å². The number of hydrogen-bond donors (Lipinski definition) is 2. The fourth-order valence-corrected chi connectivity index (χ4v) is 2.30. The number of benzene rings is 2. The normalized spacial score (nSPS) is 11.7. The number of carbonyl (C=O) groups is 3. The van der Waals surface area contributed by atoms with E-state index in [2.05, 4.69) is 10.1 Å². The molecule has 26 heavy (non-hydrogen) atoms. The van der Waals surface area contributed by atoms with Crippen LogP contribution in [0, 0.1) is 0 Å². The number of methoxy groups -OCH3 is 1. The van der Waals surface area contributed by atoms with Gasteiger partial charge in [-0.25, -0.2) is 4.79 Å². The molecule has 0 aromatic heterocycles. The molecule has 6 nitrogen and oxygen atoms in total. The standard InChI is InChI=1S/C20H20N2O4/c1-26-20(25)16-11-6-10-15(13-16)19(24)22-17(18(21)23)12-5-9-14-7-3-2-4-8-14/h2-11,13,17H,12H2,1H3,(H2,21,23)(H,22,24)/b9-5+/t17-/m0/s1. The van der Waals surface area contributed by atoms with E-state index >= 15 is 0 Å². The van der Waals surface area contributed by atoms with E-state index in [0.29, 0.717) is 0 Å². The number of esters is 1. The van der Waals surface area contributed by atoms with E-state index in [-0.39, 0.29) is 17.5 Å². The number of carbonyl (C=O) groups excluding carboxylic acids is 3. The lowest BCUT2D eigenvalue weighted by atomic mass is 10.1. The van der Waals surface area contributed by atoms with E-state index in [1.807, 2.05) is 36.4 Å². The molecule has 2 rings (SSSR count). The maximum absolute atomic E-state index is 12.4. The summed E-state index contributed by atoms with van der Waals surface area (Å²) in [5.41, 5.74) is 6.85. The molecule has 2 aromatic carbocycles. The molecule has 0 saturated heterocycles. The molecule has 2 aromatic rings. The summed E-state index contributed by atoms with van der Waals surface area (Å²) in [5, 5.41) is 2.59. The van der Waals surface area contributed by atoms with Gasteiger partial charge >= 0.3 is 5.97 Å². The van der Waals surface area contributed by atoms with E-state index in [0.717, 1.165) is 5.56 Å². The van der Waals surface area contributed by atoms with Crippen molar-refractivity contribution in [2.24, 2.45) is 5.73 Å². The summed E-state index contributed by atoms with van der Waals surface area (Å²) >= 11 is 0. The highest BCUT2D eigenvalue weighted by atomic mass is 16.5. The maximum Gasteiger partial charge on any atom is 0.337 e. The predicted octanol–water partition coefficient (Wildman–Crippen LogP) is 2.16. The zero-order valence-electron chi connectivity index (χ0n) is 14.3. The lowest BCUT2D eigenvalue weighted by Gasteiger charge is -2.14. The van der Waals surface area contributed by atoms with Gasteiger partial charge < -0.3 is 15.8 Å². The van der Waals surface area contributed by atoms with Crippen molar-refractivity contribution < 1.29 is 19.1 Å². The van der Waals surface area contributed by atoms with Gasteiger partial charge in [0.15, 0.2) is 0 Å². The van der Waals surface area contributed by atoms with Crippen molar-refractivity contribution in [2.75, 3.05) is 7.11 Å². The van der Waals surface area contributed by atoms with Gasteiger partial charge in [0.25, 0.3) is 5.91 Å². The third-order valence-electron chi connectivity index (χ3n) is 3.68. The van der Waals surface area contributed by atoms with E-state index in [9.17, 15) is 14.4 Å². The SMILES string of the molecule is COC(=O)c1cccc(C(=O)N[C@@H](C/C=C/c2ccccc2)C(N)=O)c1. The van der Waals surface area contributed by atoms with Crippen LogP contribution < -0.4 is 11.1 Å². The van der Waals surface area contributed by atoms with Gasteiger partial charge in [-0.15, -0.1) is 0 Å². The van der Waals surface area contributed by atoms with Crippen molar-refractivity contribution in [3.63, 3.8) is 0 Å². The molecule has 1 atom stereocenters. The van der Waals surface area contributed by atoms with Gasteiger partial charge in [-0.1, -0.05) is 48.6 Å². The first-order valence-corrected chi connectivity index (χ1v) is 8.01. The molecular formula is C20H20N2O4. The van der Waals surface area contributed by atoms with Gasteiger partial charge in [0.05, 0.1) is 12.7 Å². The molecule has 0 unspecified atom stereocenters. The maximum atomic E-state index is 12.4. The Labute approximate surface area is 151 Å². The first kappa shape index (κ1) is 18.9. The molecule has 0 aliphatic rings. The number of amides is 2. The van der Waals surface area contributed by atoms with Crippen molar-refractivity contribution in [1.82, 2.24) is 5.32 Å². The Morgan fingerprint density at radius 3 is 2.42 bits per heavy atom. The van der Waals surface area contributed by atoms with Crippen molar-refractivity contribution in [2.45, 2.75) is 12.5 Å². The van der Waals surface area contributed by atoms with Crippen LogP contribution in [0.25, 0.3) is 6.08 Å². The monoisotopic (exact) mass is 352 g/mol. The second kappa shape index (κ2) is 9.17. The minimum atomic E-state index is -0.857. The Bertz CT molecular complexity index is 816. The Hall–Kier alpha value is -3.41. The molecular weight excluding hydrogens is 332 g/mol. The zero-order valence-corrected chi connectivity index (χ0v) is 14.3. The molecule has 2 amide bonds. The number of nitrogens with two attached hydrogens (primary N) is 1. The van der Waals surface area contributed by atoms with Gasteiger partial charge in [0.1, 0.15) is 6.04 Å². The average molecular weight is 352 g/mol. The first-order valence-electron chi connectivity index (χ1n) is 8.01. The Balaban J connectivity index is 2.05. The highest BCUT2D eigenvalue weighted by Gasteiger charge is 2.18. The van der Waals surface area contributed by atoms with Crippen LogP contribution in [0.3, 0.4) is 0 Å². The molecule has 0 aliphatic heterocycles. The van der Waals surface area contributed by atoms with E-state index in [1.165, 1.54) is 19.2 Å². The second-order valence-corrected chi connectivity index (χ2v) is 5.55. The molecule has 0 bridgehead atoms. The molecule has 0 aliphatic carbocycles. The summed E-state index contributed by atoms with van der Waals surface area (Å²) in [5.74, 6) is -1.68. The molecule has 0 heterocycles. The van der Waals surface area contributed by atoms with Crippen LogP contribution >= 0.6 is 0 Å². The number of rotatable bonds is 7. The second-order valence-electron chi connectivity index (χ2n) is 5.55. The summed E-state index contributed by atoms with van der Waals surface area (Å²) < 4.78 is 4.63. The molecule has 0 radical (unpaired) electrons. The van der Waals surface area contributed by atoms with Gasteiger partial charge in [-0.3, -0.25) is 9.59 Å². The minimum Gasteiger partial charge on any atom is -0.465 e. The van der Waals surface area contributed by atoms with Crippen molar-refractivity contribution in [3.8, 4) is 0 Å². The quantitative estimate of drug-likeness (QED) is 0.746. The van der Waals surface area contributed by atoms with Crippen molar-refractivity contribution in [1.29, 1.82) is 0 Å². The third-order valence-corrected chi connectivity index (χ3v) is 3.68. The fraction of sp³-hybridized carbons (Fsp3) is 0.150. The average Bonchev–Trinajstić information content (AvgIpc) is 2.67. The first-order chi connectivity index (χ1) is 12.5. The van der Waals surface area contributed by atoms with Gasteiger partial charge in [-0.05, 0) is 30.2 Å². The largest absolute Gasteiger partial charge is 0.465 e. The summed E-state index contributed by atoms with van der Waals surface area (Å²) in [6.45, 7) is 0. The smallest absolute Gasteiger partial charge is 0.337 e. The number of hydrogen-bond acceptors (Lipinski definition) is 4. The van der Waals surface area contributed by atoms with Crippen LogP contribution in [0.4, 0.5) is 0 Å². The predicted molar refractivity (Wildman–Crippen MR) is 98.3 cm³/mol. The van der Waals surface area contributed by atoms with Crippen LogP contribution in [-0.2, 0) is 9.53 Å².